The predicted molar refractivity (Wildman–Crippen MR) is 128 cm³/mol. The number of benzene rings is 2. The van der Waals surface area contributed by atoms with Crippen LogP contribution in [0.1, 0.15) is 29.3 Å². The highest BCUT2D eigenvalue weighted by Gasteiger charge is 2.37. The third-order valence-corrected chi connectivity index (χ3v) is 5.85. The minimum absolute atomic E-state index is 0.0207. The third-order valence-electron chi connectivity index (χ3n) is 5.85. The summed E-state index contributed by atoms with van der Waals surface area (Å²) in [4.78, 5) is 25.8. The molecule has 0 bridgehead atoms. The predicted octanol–water partition coefficient (Wildman–Crippen LogP) is 2.33. The summed E-state index contributed by atoms with van der Waals surface area (Å²) in [6, 6.07) is 19.2. The molecule has 4 rings (SSSR count). The number of aliphatic hydroxyl groups excluding tert-OH is 1. The number of hydrogen-bond acceptors (Lipinski definition) is 7. The van der Waals surface area contributed by atoms with Gasteiger partial charge in [-0.2, -0.15) is 0 Å². The van der Waals surface area contributed by atoms with Crippen LogP contribution in [0, 0.1) is 6.92 Å². The van der Waals surface area contributed by atoms with Gasteiger partial charge in [0.1, 0.15) is 25.9 Å². The second-order valence-corrected chi connectivity index (χ2v) is 8.40. The molecule has 1 unspecified atom stereocenters. The van der Waals surface area contributed by atoms with Crippen molar-refractivity contribution in [2.45, 2.75) is 51.7 Å². The molecule has 35 heavy (non-hydrogen) atoms. The quantitative estimate of drug-likeness (QED) is 0.331. The minimum Gasteiger partial charge on any atom is -0.394 e. The van der Waals surface area contributed by atoms with Crippen molar-refractivity contribution in [3.05, 3.63) is 104 Å². The van der Waals surface area contributed by atoms with Crippen LogP contribution in [-0.4, -0.2) is 39.8 Å². The zero-order valence-corrected chi connectivity index (χ0v) is 19.6. The Kier molecular flexibility index (Phi) is 8.62. The number of hydrogen-bond donors (Lipinski definition) is 1. The first-order chi connectivity index (χ1) is 17.1. The van der Waals surface area contributed by atoms with Gasteiger partial charge in [0.25, 0.3) is 5.56 Å². The first kappa shape index (κ1) is 25.0. The summed E-state index contributed by atoms with van der Waals surface area (Å²) in [7, 11) is 0. The van der Waals surface area contributed by atoms with Crippen LogP contribution in [0.3, 0.4) is 0 Å². The Morgan fingerprint density at radius 2 is 1.60 bits per heavy atom. The molecule has 3 atom stereocenters. The lowest BCUT2D eigenvalue weighted by Crippen LogP contribution is -2.42. The monoisotopic (exact) mass is 482 g/mol. The van der Waals surface area contributed by atoms with E-state index in [1.54, 1.807) is 6.92 Å². The highest BCUT2D eigenvalue weighted by atomic mass is 16.7. The van der Waals surface area contributed by atoms with Gasteiger partial charge in [-0.25, -0.2) is 9.36 Å². The highest BCUT2D eigenvalue weighted by Crippen LogP contribution is 2.29. The van der Waals surface area contributed by atoms with Crippen LogP contribution in [0.15, 0.2) is 76.4 Å². The van der Waals surface area contributed by atoms with E-state index in [2.05, 4.69) is 0 Å². The number of aryl methyl sites for hydroxylation is 1. The van der Waals surface area contributed by atoms with E-state index < -0.39 is 29.7 Å². The van der Waals surface area contributed by atoms with E-state index in [4.69, 9.17) is 18.9 Å². The number of aliphatic hydroxyl groups is 1. The van der Waals surface area contributed by atoms with Gasteiger partial charge < -0.3 is 24.1 Å². The second kappa shape index (κ2) is 12.1. The fourth-order valence-corrected chi connectivity index (χ4v) is 3.99. The molecule has 9 heteroatoms. The fraction of sp³-hybridized carbons (Fsp3) is 0.385. The molecule has 0 spiro atoms. The van der Waals surface area contributed by atoms with Gasteiger partial charge in [0.2, 0.25) is 0 Å². The van der Waals surface area contributed by atoms with Gasteiger partial charge in [-0.1, -0.05) is 60.7 Å². The van der Waals surface area contributed by atoms with E-state index >= 15 is 0 Å². The SMILES string of the molecule is Cc1cn([C@H]2CC(OCOCc3ccccc3)[C@@H](CO)O2)c(=O)n(COCc2ccccc2)c1=O. The van der Waals surface area contributed by atoms with Gasteiger partial charge in [0.05, 0.1) is 25.9 Å². The lowest BCUT2D eigenvalue weighted by atomic mass is 10.2. The third kappa shape index (κ3) is 6.33. The minimum atomic E-state index is -0.696. The molecular weight excluding hydrogens is 452 g/mol. The van der Waals surface area contributed by atoms with Crippen LogP contribution in [0.2, 0.25) is 0 Å². The van der Waals surface area contributed by atoms with Crippen molar-refractivity contribution in [3.63, 3.8) is 0 Å². The first-order valence-electron chi connectivity index (χ1n) is 11.5. The smallest absolute Gasteiger partial charge is 0.335 e. The Bertz CT molecular complexity index is 1190. The van der Waals surface area contributed by atoms with Crippen molar-refractivity contribution >= 4 is 0 Å². The molecule has 1 N–H and O–H groups in total. The zero-order chi connectivity index (χ0) is 24.6. The molecule has 2 aromatic carbocycles. The van der Waals surface area contributed by atoms with Crippen molar-refractivity contribution < 1.29 is 24.1 Å². The van der Waals surface area contributed by atoms with Crippen molar-refractivity contribution in [2.75, 3.05) is 13.4 Å². The number of aromatic nitrogens is 2. The molecule has 3 aromatic rings. The molecule has 0 amide bonds. The summed E-state index contributed by atoms with van der Waals surface area (Å²) in [6.07, 6.45) is 0.0112. The topological polar surface area (TPSA) is 101 Å². The molecular formula is C26H30N2O7. The van der Waals surface area contributed by atoms with Gasteiger partial charge in [-0.3, -0.25) is 9.36 Å². The zero-order valence-electron chi connectivity index (χ0n) is 19.6. The maximum Gasteiger partial charge on any atom is 0.335 e. The molecule has 1 aliphatic heterocycles. The van der Waals surface area contributed by atoms with Crippen LogP contribution >= 0.6 is 0 Å². The Morgan fingerprint density at radius 3 is 2.23 bits per heavy atom. The van der Waals surface area contributed by atoms with Gasteiger partial charge in [0.15, 0.2) is 0 Å². The van der Waals surface area contributed by atoms with E-state index in [0.717, 1.165) is 15.7 Å². The van der Waals surface area contributed by atoms with E-state index in [1.165, 1.54) is 10.8 Å². The second-order valence-electron chi connectivity index (χ2n) is 8.40. The average molecular weight is 483 g/mol. The maximum atomic E-state index is 13.1. The highest BCUT2D eigenvalue weighted by molar-refractivity contribution is 5.14. The molecule has 9 nitrogen and oxygen atoms in total. The first-order valence-corrected chi connectivity index (χ1v) is 11.5. The van der Waals surface area contributed by atoms with Crippen LogP contribution < -0.4 is 11.2 Å². The number of nitrogens with zero attached hydrogens (tertiary/aromatic N) is 2. The van der Waals surface area contributed by atoms with Crippen LogP contribution in [0.25, 0.3) is 0 Å². The van der Waals surface area contributed by atoms with E-state index in [-0.39, 0.29) is 26.7 Å². The van der Waals surface area contributed by atoms with Crippen molar-refractivity contribution in [1.82, 2.24) is 9.13 Å². The Labute approximate surface area is 203 Å². The standard InChI is InChI=1S/C26H30N2O7/c1-19-13-27(26(31)28(25(19)30)17-32-15-20-8-4-2-5-9-20)24-12-22(23(14-29)35-24)34-18-33-16-21-10-6-3-7-11-21/h2-11,13,22-24,29H,12,14-18H2,1H3/t22?,23-,24-/m1/s1. The Morgan fingerprint density at radius 1 is 0.971 bits per heavy atom. The largest absolute Gasteiger partial charge is 0.394 e. The molecule has 1 saturated heterocycles. The van der Waals surface area contributed by atoms with Crippen molar-refractivity contribution in [1.29, 1.82) is 0 Å². The summed E-state index contributed by atoms with van der Waals surface area (Å²) in [5, 5.41) is 9.77. The fourth-order valence-electron chi connectivity index (χ4n) is 3.99. The van der Waals surface area contributed by atoms with Crippen LogP contribution in [0.4, 0.5) is 0 Å². The molecule has 1 aromatic heterocycles. The molecule has 0 radical (unpaired) electrons. The van der Waals surface area contributed by atoms with Gasteiger partial charge in [-0.15, -0.1) is 0 Å². The lowest BCUT2D eigenvalue weighted by Gasteiger charge is -2.17. The van der Waals surface area contributed by atoms with Crippen molar-refractivity contribution in [3.8, 4) is 0 Å². The van der Waals surface area contributed by atoms with E-state index in [1.807, 2.05) is 60.7 Å². The van der Waals surface area contributed by atoms with Crippen molar-refractivity contribution in [2.24, 2.45) is 0 Å². The summed E-state index contributed by atoms with van der Waals surface area (Å²) < 4.78 is 25.3. The van der Waals surface area contributed by atoms with Crippen LogP contribution in [0.5, 0.6) is 0 Å². The Hall–Kier alpha value is -3.08. The van der Waals surface area contributed by atoms with E-state index in [9.17, 15) is 14.7 Å². The molecule has 2 heterocycles. The molecule has 186 valence electrons. The lowest BCUT2D eigenvalue weighted by molar-refractivity contribution is -0.123. The van der Waals surface area contributed by atoms with Crippen LogP contribution in [-0.2, 0) is 38.9 Å². The Balaban J connectivity index is 1.40. The van der Waals surface area contributed by atoms with Gasteiger partial charge >= 0.3 is 5.69 Å². The summed E-state index contributed by atoms with van der Waals surface area (Å²) in [6.45, 7) is 1.87. The van der Waals surface area contributed by atoms with Gasteiger partial charge in [-0.05, 0) is 18.1 Å². The molecule has 1 fully saturated rings. The summed E-state index contributed by atoms with van der Waals surface area (Å²) in [5.74, 6) is 0. The number of rotatable bonds is 11. The van der Waals surface area contributed by atoms with E-state index in [0.29, 0.717) is 18.6 Å². The average Bonchev–Trinajstić information content (AvgIpc) is 3.30. The molecule has 1 aliphatic rings. The van der Waals surface area contributed by atoms with Gasteiger partial charge in [0, 0.05) is 18.2 Å². The maximum absolute atomic E-state index is 13.1. The molecule has 0 aliphatic carbocycles. The summed E-state index contributed by atoms with van der Waals surface area (Å²) in [5.41, 5.74) is 1.38. The molecule has 0 saturated carbocycles. The number of ether oxygens (including phenoxy) is 4. The summed E-state index contributed by atoms with van der Waals surface area (Å²) >= 11 is 0. The normalized spacial score (nSPS) is 19.8.